The Bertz CT molecular complexity index is 359. The quantitative estimate of drug-likeness (QED) is 0.577. The molecule has 0 spiro atoms. The molecule has 0 amide bonds. The molecule has 0 saturated carbocycles. The van der Waals surface area contributed by atoms with Gasteiger partial charge in [0.05, 0.1) is 6.61 Å². The second kappa shape index (κ2) is 5.79. The number of aromatic nitrogens is 2. The van der Waals surface area contributed by atoms with Gasteiger partial charge < -0.3 is 15.1 Å². The summed E-state index contributed by atoms with van der Waals surface area (Å²) in [6.45, 7) is 1.87. The number of anilines is 1. The highest BCUT2D eigenvalue weighted by molar-refractivity contribution is 5.35. The van der Waals surface area contributed by atoms with Crippen LogP contribution in [0, 0.1) is 0 Å². The number of nitrogens with zero attached hydrogens (tertiary/aromatic N) is 3. The number of rotatable bonds is 5. The molecule has 0 radical (unpaired) electrons. The minimum absolute atomic E-state index is 0.563. The molecule has 1 aliphatic heterocycles. The number of hydrazine groups is 1. The normalized spacial score (nSPS) is 20.5. The second-order valence-corrected chi connectivity index (χ2v) is 4.30. The summed E-state index contributed by atoms with van der Waals surface area (Å²) in [5.41, 5.74) is 2.47. The predicted molar refractivity (Wildman–Crippen MR) is 65.6 cm³/mol. The molecule has 6 heteroatoms. The number of nitrogens with one attached hydrogen (secondary N) is 1. The number of nitrogen functional groups attached to an aromatic ring is 1. The van der Waals surface area contributed by atoms with E-state index in [2.05, 4.69) is 27.3 Å². The van der Waals surface area contributed by atoms with Crippen LogP contribution in [0.3, 0.4) is 0 Å². The molecule has 1 fully saturated rings. The number of likely N-dealkylation sites (tertiary alicyclic amines) is 1. The molecule has 94 valence electrons. The summed E-state index contributed by atoms with van der Waals surface area (Å²) in [6.07, 6.45) is 5.02. The van der Waals surface area contributed by atoms with Gasteiger partial charge >= 0.3 is 0 Å². The number of hydrogen-bond donors (Lipinski definition) is 2. The summed E-state index contributed by atoms with van der Waals surface area (Å²) in [4.78, 5) is 10.3. The van der Waals surface area contributed by atoms with Crippen molar-refractivity contribution in [1.82, 2.24) is 14.9 Å². The van der Waals surface area contributed by atoms with Crippen LogP contribution in [0.1, 0.15) is 19.3 Å². The lowest BCUT2D eigenvalue weighted by molar-refractivity contribution is 0.228. The number of nitrogens with two attached hydrogens (primary N) is 1. The van der Waals surface area contributed by atoms with Gasteiger partial charge in [-0.3, -0.25) is 0 Å². The smallest absolute Gasteiger partial charge is 0.218 e. The Kier molecular flexibility index (Phi) is 4.11. The highest BCUT2D eigenvalue weighted by Crippen LogP contribution is 2.18. The van der Waals surface area contributed by atoms with E-state index in [4.69, 9.17) is 10.6 Å². The fourth-order valence-electron chi connectivity index (χ4n) is 2.14. The first kappa shape index (κ1) is 12.1. The first-order valence-corrected chi connectivity index (χ1v) is 5.91. The van der Waals surface area contributed by atoms with Crippen molar-refractivity contribution < 1.29 is 4.74 Å². The van der Waals surface area contributed by atoms with Crippen LogP contribution in [0.4, 0.5) is 5.82 Å². The van der Waals surface area contributed by atoms with Gasteiger partial charge in [0.25, 0.3) is 0 Å². The zero-order valence-corrected chi connectivity index (χ0v) is 10.1. The highest BCUT2D eigenvalue weighted by atomic mass is 16.5. The average molecular weight is 237 g/mol. The Morgan fingerprint density at radius 2 is 2.47 bits per heavy atom. The van der Waals surface area contributed by atoms with E-state index in [-0.39, 0.29) is 0 Å². The van der Waals surface area contributed by atoms with Crippen LogP contribution in [0.15, 0.2) is 12.4 Å². The summed E-state index contributed by atoms with van der Waals surface area (Å²) in [7, 11) is 2.17. The molecule has 1 atom stereocenters. The fourth-order valence-corrected chi connectivity index (χ4v) is 2.14. The summed E-state index contributed by atoms with van der Waals surface area (Å²) in [6, 6.07) is 2.34. The molecule has 0 aliphatic carbocycles. The van der Waals surface area contributed by atoms with Crippen LogP contribution in [0.5, 0.6) is 5.88 Å². The van der Waals surface area contributed by atoms with Crippen molar-refractivity contribution in [3.05, 3.63) is 12.4 Å². The van der Waals surface area contributed by atoms with Gasteiger partial charge in [-0.05, 0) is 32.9 Å². The van der Waals surface area contributed by atoms with E-state index in [9.17, 15) is 0 Å². The summed E-state index contributed by atoms with van der Waals surface area (Å²) in [5, 5.41) is 0. The van der Waals surface area contributed by atoms with Crippen LogP contribution in [0.25, 0.3) is 0 Å². The van der Waals surface area contributed by atoms with E-state index in [1.54, 1.807) is 6.07 Å². The van der Waals surface area contributed by atoms with E-state index in [1.807, 2.05) is 0 Å². The van der Waals surface area contributed by atoms with Gasteiger partial charge in [0.15, 0.2) is 0 Å². The van der Waals surface area contributed by atoms with Gasteiger partial charge in [-0.15, -0.1) is 0 Å². The zero-order valence-electron chi connectivity index (χ0n) is 10.1. The summed E-state index contributed by atoms with van der Waals surface area (Å²) < 4.78 is 5.59. The van der Waals surface area contributed by atoms with Crippen LogP contribution in [0.2, 0.25) is 0 Å². The molecule has 1 aromatic heterocycles. The maximum absolute atomic E-state index is 5.59. The van der Waals surface area contributed by atoms with Crippen molar-refractivity contribution in [2.45, 2.75) is 25.3 Å². The van der Waals surface area contributed by atoms with E-state index in [0.29, 0.717) is 24.3 Å². The minimum atomic E-state index is 0.563. The molecule has 2 heterocycles. The van der Waals surface area contributed by atoms with Crippen LogP contribution in [-0.2, 0) is 0 Å². The van der Waals surface area contributed by atoms with Crippen LogP contribution < -0.4 is 16.0 Å². The first-order chi connectivity index (χ1) is 8.29. The lowest BCUT2D eigenvalue weighted by atomic mass is 10.1. The summed E-state index contributed by atoms with van der Waals surface area (Å²) >= 11 is 0. The summed E-state index contributed by atoms with van der Waals surface area (Å²) in [5.74, 6) is 6.39. The van der Waals surface area contributed by atoms with E-state index < -0.39 is 0 Å². The third kappa shape index (κ3) is 3.28. The van der Waals surface area contributed by atoms with Crippen molar-refractivity contribution in [2.75, 3.05) is 25.6 Å². The molecule has 1 aliphatic rings. The van der Waals surface area contributed by atoms with Crippen LogP contribution >= 0.6 is 0 Å². The average Bonchev–Trinajstić information content (AvgIpc) is 2.76. The predicted octanol–water partition coefficient (Wildman–Crippen LogP) is 0.625. The van der Waals surface area contributed by atoms with Crippen LogP contribution in [-0.4, -0.2) is 41.1 Å². The van der Waals surface area contributed by atoms with Crippen molar-refractivity contribution >= 4 is 5.82 Å². The van der Waals surface area contributed by atoms with Gasteiger partial charge in [-0.1, -0.05) is 0 Å². The van der Waals surface area contributed by atoms with E-state index in [0.717, 1.165) is 6.42 Å². The maximum atomic E-state index is 5.59. The van der Waals surface area contributed by atoms with Gasteiger partial charge in [0.1, 0.15) is 12.1 Å². The van der Waals surface area contributed by atoms with Crippen molar-refractivity contribution in [2.24, 2.45) is 5.84 Å². The highest BCUT2D eigenvalue weighted by Gasteiger charge is 2.20. The molecule has 17 heavy (non-hydrogen) atoms. The zero-order chi connectivity index (χ0) is 12.1. The number of hydrogen-bond acceptors (Lipinski definition) is 6. The maximum Gasteiger partial charge on any atom is 0.218 e. The van der Waals surface area contributed by atoms with Crippen molar-refractivity contribution in [3.8, 4) is 5.88 Å². The molecule has 6 nitrogen and oxygen atoms in total. The third-order valence-electron chi connectivity index (χ3n) is 3.16. The molecular formula is C11H19N5O. The fraction of sp³-hybridized carbons (Fsp3) is 0.636. The molecule has 1 saturated heterocycles. The van der Waals surface area contributed by atoms with Gasteiger partial charge in [0.2, 0.25) is 5.88 Å². The molecule has 1 unspecified atom stereocenters. The Morgan fingerprint density at radius 3 is 3.18 bits per heavy atom. The van der Waals surface area contributed by atoms with Gasteiger partial charge in [-0.2, -0.15) is 0 Å². The standard InChI is InChI=1S/C11H19N5O/c1-16-5-2-3-9(16)4-6-17-11-7-10(15-12)13-8-14-11/h7-9H,2-6,12H2,1H3,(H,13,14,15). The molecule has 3 N–H and O–H groups in total. The largest absolute Gasteiger partial charge is 0.477 e. The molecule has 0 bridgehead atoms. The molecular weight excluding hydrogens is 218 g/mol. The Labute approximate surface area is 101 Å². The Morgan fingerprint density at radius 1 is 1.59 bits per heavy atom. The monoisotopic (exact) mass is 237 g/mol. The second-order valence-electron chi connectivity index (χ2n) is 4.30. The molecule has 0 aromatic carbocycles. The lowest BCUT2D eigenvalue weighted by Gasteiger charge is -2.19. The third-order valence-corrected chi connectivity index (χ3v) is 3.16. The first-order valence-electron chi connectivity index (χ1n) is 5.91. The Balaban J connectivity index is 1.77. The lowest BCUT2D eigenvalue weighted by Crippen LogP contribution is -2.26. The van der Waals surface area contributed by atoms with Gasteiger partial charge in [0, 0.05) is 12.1 Å². The van der Waals surface area contributed by atoms with Gasteiger partial charge in [-0.25, -0.2) is 15.8 Å². The number of ether oxygens (including phenoxy) is 1. The van der Waals surface area contributed by atoms with Crippen molar-refractivity contribution in [3.63, 3.8) is 0 Å². The topological polar surface area (TPSA) is 76.3 Å². The minimum Gasteiger partial charge on any atom is -0.477 e. The van der Waals surface area contributed by atoms with E-state index in [1.165, 1.54) is 25.7 Å². The SMILES string of the molecule is CN1CCCC1CCOc1cc(NN)ncn1. The van der Waals surface area contributed by atoms with E-state index >= 15 is 0 Å². The van der Waals surface area contributed by atoms with Crippen molar-refractivity contribution in [1.29, 1.82) is 0 Å². The molecule has 2 rings (SSSR count). The Hall–Kier alpha value is -1.40. The molecule has 1 aromatic rings.